The quantitative estimate of drug-likeness (QED) is 0.777. The SMILES string of the molecule is Cn1ccc2c(-c3cccc(F)c3C(N)=O)ccnc21. The maximum atomic E-state index is 13.9. The van der Waals surface area contributed by atoms with Gasteiger partial charge in [-0.25, -0.2) is 9.37 Å². The van der Waals surface area contributed by atoms with E-state index in [4.69, 9.17) is 5.73 Å². The Morgan fingerprint density at radius 1 is 1.25 bits per heavy atom. The molecule has 0 fully saturated rings. The van der Waals surface area contributed by atoms with Gasteiger partial charge in [0.2, 0.25) is 0 Å². The molecule has 100 valence electrons. The number of aromatic nitrogens is 2. The molecule has 1 amide bonds. The van der Waals surface area contributed by atoms with Crippen LogP contribution in [0.25, 0.3) is 22.2 Å². The molecule has 1 aromatic carbocycles. The monoisotopic (exact) mass is 269 g/mol. The Bertz CT molecular complexity index is 823. The summed E-state index contributed by atoms with van der Waals surface area (Å²) in [4.78, 5) is 15.8. The average molecular weight is 269 g/mol. The zero-order chi connectivity index (χ0) is 14.3. The predicted octanol–water partition coefficient (Wildman–Crippen LogP) is 2.48. The van der Waals surface area contributed by atoms with Crippen LogP contribution in [-0.2, 0) is 7.05 Å². The van der Waals surface area contributed by atoms with Gasteiger partial charge < -0.3 is 10.3 Å². The van der Waals surface area contributed by atoms with E-state index in [1.54, 1.807) is 24.4 Å². The van der Waals surface area contributed by atoms with Crippen molar-refractivity contribution in [3.63, 3.8) is 0 Å². The third-order valence-corrected chi connectivity index (χ3v) is 3.32. The fraction of sp³-hybridized carbons (Fsp3) is 0.0667. The Kier molecular flexibility index (Phi) is 2.75. The summed E-state index contributed by atoms with van der Waals surface area (Å²) in [5, 5.41) is 0.850. The molecule has 0 aliphatic carbocycles. The summed E-state index contributed by atoms with van der Waals surface area (Å²) in [6, 6.07) is 8.11. The fourth-order valence-electron chi connectivity index (χ4n) is 2.40. The van der Waals surface area contributed by atoms with Crippen LogP contribution in [0.3, 0.4) is 0 Å². The third-order valence-electron chi connectivity index (χ3n) is 3.32. The van der Waals surface area contributed by atoms with Gasteiger partial charge >= 0.3 is 0 Å². The van der Waals surface area contributed by atoms with Crippen molar-refractivity contribution in [3.8, 4) is 11.1 Å². The highest BCUT2D eigenvalue weighted by molar-refractivity contribution is 6.04. The molecule has 2 heterocycles. The molecule has 3 aromatic rings. The minimum atomic E-state index is -0.779. The van der Waals surface area contributed by atoms with E-state index in [1.165, 1.54) is 6.07 Å². The van der Waals surface area contributed by atoms with Crippen LogP contribution in [0.4, 0.5) is 4.39 Å². The lowest BCUT2D eigenvalue weighted by atomic mass is 9.97. The molecule has 0 aliphatic heterocycles. The van der Waals surface area contributed by atoms with E-state index in [1.807, 2.05) is 23.9 Å². The van der Waals surface area contributed by atoms with Crippen molar-refractivity contribution in [1.29, 1.82) is 0 Å². The standard InChI is InChI=1S/C15H12FN3O/c1-19-8-6-11-9(5-7-18-15(11)19)10-3-2-4-12(16)13(10)14(17)20/h2-8H,1H3,(H2,17,20). The smallest absolute Gasteiger partial charge is 0.252 e. The predicted molar refractivity (Wildman–Crippen MR) is 74.6 cm³/mol. The first-order valence-corrected chi connectivity index (χ1v) is 6.08. The first-order chi connectivity index (χ1) is 9.59. The Morgan fingerprint density at radius 3 is 2.80 bits per heavy atom. The number of fused-ring (bicyclic) bond motifs is 1. The van der Waals surface area contributed by atoms with E-state index in [-0.39, 0.29) is 5.56 Å². The first-order valence-electron chi connectivity index (χ1n) is 6.08. The number of carbonyl (C=O) groups is 1. The third kappa shape index (κ3) is 1.75. The lowest BCUT2D eigenvalue weighted by Crippen LogP contribution is -2.14. The Balaban J connectivity index is 2.37. The number of benzene rings is 1. The van der Waals surface area contributed by atoms with Gasteiger partial charge in [-0.15, -0.1) is 0 Å². The molecule has 0 saturated carbocycles. The number of halogens is 1. The van der Waals surface area contributed by atoms with Crippen molar-refractivity contribution in [2.24, 2.45) is 12.8 Å². The zero-order valence-corrected chi connectivity index (χ0v) is 10.8. The molecule has 0 radical (unpaired) electrons. The Morgan fingerprint density at radius 2 is 2.05 bits per heavy atom. The highest BCUT2D eigenvalue weighted by Crippen LogP contribution is 2.31. The second-order valence-corrected chi connectivity index (χ2v) is 4.55. The summed E-state index contributed by atoms with van der Waals surface area (Å²) in [5.74, 6) is -1.39. The minimum Gasteiger partial charge on any atom is -0.365 e. The van der Waals surface area contributed by atoms with Crippen LogP contribution in [0.5, 0.6) is 0 Å². The van der Waals surface area contributed by atoms with E-state index >= 15 is 0 Å². The molecule has 3 rings (SSSR count). The topological polar surface area (TPSA) is 60.9 Å². The molecule has 0 saturated heterocycles. The van der Waals surface area contributed by atoms with Crippen molar-refractivity contribution < 1.29 is 9.18 Å². The van der Waals surface area contributed by atoms with Crippen molar-refractivity contribution in [1.82, 2.24) is 9.55 Å². The van der Waals surface area contributed by atoms with E-state index in [2.05, 4.69) is 4.98 Å². The average Bonchev–Trinajstić information content (AvgIpc) is 2.80. The highest BCUT2D eigenvalue weighted by atomic mass is 19.1. The number of carbonyl (C=O) groups excluding carboxylic acids is 1. The summed E-state index contributed by atoms with van der Waals surface area (Å²) >= 11 is 0. The summed E-state index contributed by atoms with van der Waals surface area (Å²) < 4.78 is 15.7. The molecule has 4 nitrogen and oxygen atoms in total. The maximum absolute atomic E-state index is 13.9. The second-order valence-electron chi connectivity index (χ2n) is 4.55. The van der Waals surface area contributed by atoms with Crippen LogP contribution in [-0.4, -0.2) is 15.5 Å². The largest absolute Gasteiger partial charge is 0.365 e. The normalized spacial score (nSPS) is 10.9. The Hall–Kier alpha value is -2.69. The van der Waals surface area contributed by atoms with Crippen molar-refractivity contribution in [3.05, 3.63) is 54.1 Å². The van der Waals surface area contributed by atoms with Gasteiger partial charge in [0, 0.05) is 24.8 Å². The van der Waals surface area contributed by atoms with E-state index < -0.39 is 11.7 Å². The molecule has 0 atom stereocenters. The molecule has 0 bridgehead atoms. The summed E-state index contributed by atoms with van der Waals surface area (Å²) in [5.41, 5.74) is 7.20. The van der Waals surface area contributed by atoms with Crippen molar-refractivity contribution in [2.45, 2.75) is 0 Å². The highest BCUT2D eigenvalue weighted by Gasteiger charge is 2.17. The molecule has 0 aliphatic rings. The maximum Gasteiger partial charge on any atom is 0.252 e. The number of hydrogen-bond acceptors (Lipinski definition) is 2. The molecular formula is C15H12FN3O. The summed E-state index contributed by atoms with van der Waals surface area (Å²) in [6.07, 6.45) is 3.50. The molecule has 2 N–H and O–H groups in total. The lowest BCUT2D eigenvalue weighted by molar-refractivity contribution is 0.0997. The van der Waals surface area contributed by atoms with Gasteiger partial charge in [-0.05, 0) is 29.3 Å². The molecule has 0 spiro atoms. The number of rotatable bonds is 2. The number of nitrogens with two attached hydrogens (primary N) is 1. The molecule has 2 aromatic heterocycles. The van der Waals surface area contributed by atoms with Gasteiger partial charge in [0.1, 0.15) is 11.5 Å². The van der Waals surface area contributed by atoms with E-state index in [0.717, 1.165) is 16.6 Å². The summed E-state index contributed by atoms with van der Waals surface area (Å²) in [7, 11) is 1.87. The number of pyridine rings is 1. The number of nitrogens with zero attached hydrogens (tertiary/aromatic N) is 2. The van der Waals surface area contributed by atoms with Crippen molar-refractivity contribution >= 4 is 16.9 Å². The molecule has 0 unspecified atom stereocenters. The van der Waals surface area contributed by atoms with Gasteiger partial charge in [0.15, 0.2) is 0 Å². The van der Waals surface area contributed by atoms with Gasteiger partial charge in [-0.1, -0.05) is 12.1 Å². The minimum absolute atomic E-state index is 0.0937. The fourth-order valence-corrected chi connectivity index (χ4v) is 2.40. The second kappa shape index (κ2) is 4.45. The van der Waals surface area contributed by atoms with Gasteiger partial charge in [0.25, 0.3) is 5.91 Å². The number of primary amides is 1. The molecule has 5 heteroatoms. The number of hydrogen-bond donors (Lipinski definition) is 1. The zero-order valence-electron chi connectivity index (χ0n) is 10.8. The first kappa shape index (κ1) is 12.3. The van der Waals surface area contributed by atoms with Crippen LogP contribution < -0.4 is 5.73 Å². The Labute approximate surface area is 114 Å². The van der Waals surface area contributed by atoms with Gasteiger partial charge in [-0.2, -0.15) is 0 Å². The van der Waals surface area contributed by atoms with Gasteiger partial charge in [0.05, 0.1) is 5.56 Å². The van der Waals surface area contributed by atoms with E-state index in [0.29, 0.717) is 5.56 Å². The van der Waals surface area contributed by atoms with Gasteiger partial charge in [-0.3, -0.25) is 4.79 Å². The molecule has 20 heavy (non-hydrogen) atoms. The molecular weight excluding hydrogens is 257 g/mol. The van der Waals surface area contributed by atoms with Crippen LogP contribution in [0.15, 0.2) is 42.7 Å². The van der Waals surface area contributed by atoms with Crippen LogP contribution in [0.1, 0.15) is 10.4 Å². The summed E-state index contributed by atoms with van der Waals surface area (Å²) in [6.45, 7) is 0. The lowest BCUT2D eigenvalue weighted by Gasteiger charge is -2.09. The van der Waals surface area contributed by atoms with Crippen molar-refractivity contribution in [2.75, 3.05) is 0 Å². The van der Waals surface area contributed by atoms with E-state index in [9.17, 15) is 9.18 Å². The van der Waals surface area contributed by atoms with Crippen LogP contribution in [0, 0.1) is 5.82 Å². The number of aryl methyl sites for hydroxylation is 1. The number of amides is 1. The van der Waals surface area contributed by atoms with Crippen LogP contribution in [0.2, 0.25) is 0 Å². The van der Waals surface area contributed by atoms with Crippen LogP contribution >= 0.6 is 0 Å².